The molecule has 1 aromatic carbocycles. The van der Waals surface area contributed by atoms with Gasteiger partial charge in [0, 0.05) is 4.47 Å². The highest BCUT2D eigenvalue weighted by molar-refractivity contribution is 9.10. The third kappa shape index (κ3) is 3.05. The lowest BCUT2D eigenvalue weighted by atomic mass is 10.3. The van der Waals surface area contributed by atoms with Crippen LogP contribution in [0.15, 0.2) is 22.7 Å². The molecule has 0 unspecified atom stereocenters. The first-order valence-electron chi connectivity index (χ1n) is 5.11. The minimum Gasteiger partial charge on any atom is -0.301 e. The monoisotopic (exact) mass is 376 g/mol. The molecular weight excluding hydrogens is 368 g/mol. The average molecular weight is 378 g/mol. The van der Waals surface area contributed by atoms with Crippen molar-refractivity contribution < 1.29 is 4.79 Å². The molecule has 1 amide bonds. The summed E-state index contributed by atoms with van der Waals surface area (Å²) in [5.74, 6) is -0.0504. The Morgan fingerprint density at radius 2 is 2.35 bits per heavy atom. The van der Waals surface area contributed by atoms with Gasteiger partial charge in [0.05, 0.1) is 15.0 Å². The van der Waals surface area contributed by atoms with Crippen LogP contribution in [0.1, 0.15) is 13.3 Å². The van der Waals surface area contributed by atoms with E-state index < -0.39 is 0 Å². The summed E-state index contributed by atoms with van der Waals surface area (Å²) in [6.07, 6.45) is 0.752. The molecule has 3 nitrogen and oxygen atoms in total. The first-order chi connectivity index (χ1) is 8.10. The number of carbonyl (C=O) groups is 1. The van der Waals surface area contributed by atoms with Gasteiger partial charge < -0.3 is 5.32 Å². The molecule has 0 fully saturated rings. The lowest BCUT2D eigenvalue weighted by molar-refractivity contribution is -0.115. The van der Waals surface area contributed by atoms with Gasteiger partial charge >= 0.3 is 0 Å². The largest absolute Gasteiger partial charge is 0.301 e. The summed E-state index contributed by atoms with van der Waals surface area (Å²) >= 11 is 8.20. The number of halogens is 2. The molecule has 90 valence electrons. The van der Waals surface area contributed by atoms with E-state index in [-0.39, 0.29) is 10.7 Å². The molecule has 1 aromatic heterocycles. The first-order valence-corrected chi connectivity index (χ1v) is 7.63. The third-order valence-corrected chi connectivity index (χ3v) is 4.71. The highest BCUT2D eigenvalue weighted by Crippen LogP contribution is 2.28. The number of rotatable bonds is 3. The highest BCUT2D eigenvalue weighted by Gasteiger charge is 2.14. The Morgan fingerprint density at radius 3 is 3.06 bits per heavy atom. The summed E-state index contributed by atoms with van der Waals surface area (Å²) < 4.78 is 2.07. The van der Waals surface area contributed by atoms with Crippen molar-refractivity contribution in [3.8, 4) is 0 Å². The standard InChI is InChI=1S/C11H10Br2N2OS/c1-2-7(13)10(16)15-11-14-8-4-3-6(12)5-9(8)17-11/h3-5,7H,2H2,1H3,(H,14,15,16)/t7-/m0/s1. The zero-order valence-electron chi connectivity index (χ0n) is 9.04. The summed E-state index contributed by atoms with van der Waals surface area (Å²) in [5, 5.41) is 3.45. The molecule has 0 aliphatic heterocycles. The molecule has 17 heavy (non-hydrogen) atoms. The molecule has 1 atom stereocenters. The van der Waals surface area contributed by atoms with Crippen LogP contribution < -0.4 is 5.32 Å². The van der Waals surface area contributed by atoms with Crippen LogP contribution in [0.5, 0.6) is 0 Å². The van der Waals surface area contributed by atoms with Gasteiger partial charge in [0.25, 0.3) is 0 Å². The zero-order valence-corrected chi connectivity index (χ0v) is 13.0. The molecule has 1 N–H and O–H groups in total. The van der Waals surface area contributed by atoms with Crippen molar-refractivity contribution in [1.29, 1.82) is 0 Å². The van der Waals surface area contributed by atoms with Gasteiger partial charge in [0.15, 0.2) is 5.13 Å². The van der Waals surface area contributed by atoms with Gasteiger partial charge in [-0.15, -0.1) is 0 Å². The number of alkyl halides is 1. The maximum Gasteiger partial charge on any atom is 0.239 e. The van der Waals surface area contributed by atoms with E-state index in [0.717, 1.165) is 21.1 Å². The van der Waals surface area contributed by atoms with Crippen molar-refractivity contribution in [1.82, 2.24) is 4.98 Å². The Morgan fingerprint density at radius 1 is 1.59 bits per heavy atom. The van der Waals surface area contributed by atoms with Gasteiger partial charge in [0.2, 0.25) is 5.91 Å². The molecule has 2 rings (SSSR count). The number of nitrogens with one attached hydrogen (secondary N) is 1. The van der Waals surface area contributed by atoms with Crippen LogP contribution in [-0.2, 0) is 4.79 Å². The van der Waals surface area contributed by atoms with Crippen LogP contribution >= 0.6 is 43.2 Å². The Hall–Kier alpha value is -0.460. The Kier molecular flexibility index (Phi) is 4.17. The fraction of sp³-hybridized carbons (Fsp3) is 0.273. The van der Waals surface area contributed by atoms with Crippen LogP contribution in [-0.4, -0.2) is 15.7 Å². The number of amides is 1. The van der Waals surface area contributed by atoms with Gasteiger partial charge in [-0.05, 0) is 24.6 Å². The lowest BCUT2D eigenvalue weighted by Gasteiger charge is -2.04. The number of thiazole rings is 1. The van der Waals surface area contributed by atoms with E-state index in [9.17, 15) is 4.79 Å². The van der Waals surface area contributed by atoms with Gasteiger partial charge in [-0.1, -0.05) is 50.1 Å². The second-order valence-corrected chi connectivity index (χ2v) is 6.55. The summed E-state index contributed by atoms with van der Waals surface area (Å²) in [6, 6.07) is 5.86. The quantitative estimate of drug-likeness (QED) is 0.815. The molecular formula is C11H10Br2N2OS. The maximum atomic E-state index is 11.7. The number of hydrogen-bond acceptors (Lipinski definition) is 3. The van der Waals surface area contributed by atoms with Crippen molar-refractivity contribution in [2.75, 3.05) is 5.32 Å². The van der Waals surface area contributed by atoms with E-state index in [2.05, 4.69) is 42.2 Å². The Balaban J connectivity index is 2.22. The smallest absolute Gasteiger partial charge is 0.239 e. The number of carbonyl (C=O) groups excluding carboxylic acids is 1. The number of aromatic nitrogens is 1. The van der Waals surface area contributed by atoms with E-state index >= 15 is 0 Å². The molecule has 0 aliphatic rings. The summed E-state index contributed by atoms with van der Waals surface area (Å²) in [5.41, 5.74) is 0.899. The molecule has 0 saturated heterocycles. The van der Waals surface area contributed by atoms with Crippen LogP contribution in [0.3, 0.4) is 0 Å². The van der Waals surface area contributed by atoms with Crippen molar-refractivity contribution in [3.05, 3.63) is 22.7 Å². The van der Waals surface area contributed by atoms with Crippen molar-refractivity contribution in [2.24, 2.45) is 0 Å². The normalized spacial score (nSPS) is 12.6. The van der Waals surface area contributed by atoms with Gasteiger partial charge in [-0.3, -0.25) is 4.79 Å². The average Bonchev–Trinajstić information content (AvgIpc) is 2.69. The Bertz CT molecular complexity index is 555. The van der Waals surface area contributed by atoms with Crippen LogP contribution in [0.4, 0.5) is 5.13 Å². The molecule has 0 spiro atoms. The number of nitrogens with zero attached hydrogens (tertiary/aromatic N) is 1. The van der Waals surface area contributed by atoms with E-state index in [1.54, 1.807) is 0 Å². The molecule has 0 radical (unpaired) electrons. The molecule has 0 aliphatic carbocycles. The fourth-order valence-corrected chi connectivity index (χ4v) is 2.86. The predicted octanol–water partition coefficient (Wildman–Crippen LogP) is 4.17. The van der Waals surface area contributed by atoms with Crippen molar-refractivity contribution >= 4 is 64.5 Å². The van der Waals surface area contributed by atoms with E-state index in [4.69, 9.17) is 0 Å². The SMILES string of the molecule is CC[C@H](Br)C(=O)Nc1nc2ccc(Br)cc2s1. The molecule has 0 saturated carbocycles. The number of anilines is 1. The summed E-state index contributed by atoms with van der Waals surface area (Å²) in [6.45, 7) is 1.95. The molecule has 0 bridgehead atoms. The lowest BCUT2D eigenvalue weighted by Crippen LogP contribution is -2.21. The molecule has 1 heterocycles. The summed E-state index contributed by atoms with van der Waals surface area (Å²) in [7, 11) is 0. The molecule has 2 aromatic rings. The number of benzene rings is 1. The number of hydrogen-bond donors (Lipinski definition) is 1. The minimum absolute atomic E-state index is 0.0504. The predicted molar refractivity (Wildman–Crippen MR) is 79.0 cm³/mol. The van der Waals surface area contributed by atoms with Crippen LogP contribution in [0, 0.1) is 0 Å². The van der Waals surface area contributed by atoms with E-state index in [1.807, 2.05) is 25.1 Å². The van der Waals surface area contributed by atoms with Crippen LogP contribution in [0.2, 0.25) is 0 Å². The van der Waals surface area contributed by atoms with E-state index in [0.29, 0.717) is 5.13 Å². The third-order valence-electron chi connectivity index (χ3n) is 2.22. The van der Waals surface area contributed by atoms with Gasteiger partial charge in [-0.25, -0.2) is 4.98 Å². The second-order valence-electron chi connectivity index (χ2n) is 3.50. The zero-order chi connectivity index (χ0) is 12.4. The maximum absolute atomic E-state index is 11.7. The summed E-state index contributed by atoms with van der Waals surface area (Å²) in [4.78, 5) is 15.9. The van der Waals surface area contributed by atoms with Crippen molar-refractivity contribution in [2.45, 2.75) is 18.2 Å². The Labute approximate surface area is 120 Å². The minimum atomic E-state index is -0.166. The number of fused-ring (bicyclic) bond motifs is 1. The molecule has 6 heteroatoms. The van der Waals surface area contributed by atoms with Gasteiger partial charge in [-0.2, -0.15) is 0 Å². The topological polar surface area (TPSA) is 42.0 Å². The van der Waals surface area contributed by atoms with Crippen LogP contribution in [0.25, 0.3) is 10.2 Å². The van der Waals surface area contributed by atoms with Crippen molar-refractivity contribution in [3.63, 3.8) is 0 Å². The second kappa shape index (κ2) is 5.46. The highest BCUT2D eigenvalue weighted by atomic mass is 79.9. The van der Waals surface area contributed by atoms with E-state index in [1.165, 1.54) is 11.3 Å². The first kappa shape index (κ1) is 13.0. The fourth-order valence-electron chi connectivity index (χ4n) is 1.32. The van der Waals surface area contributed by atoms with Gasteiger partial charge in [0.1, 0.15) is 0 Å².